The lowest BCUT2D eigenvalue weighted by atomic mass is 10.1. The highest BCUT2D eigenvalue weighted by molar-refractivity contribution is 7.99. The third-order valence-electron chi connectivity index (χ3n) is 2.99. The van der Waals surface area contributed by atoms with Gasteiger partial charge in [0.1, 0.15) is 0 Å². The first-order valence-corrected chi connectivity index (χ1v) is 8.32. The molecular formula is C16H26ClNS. The Bertz CT molecular complexity index is 385. The van der Waals surface area contributed by atoms with Gasteiger partial charge in [-0.1, -0.05) is 43.6 Å². The van der Waals surface area contributed by atoms with Gasteiger partial charge in [0.15, 0.2) is 0 Å². The molecule has 0 heterocycles. The minimum Gasteiger partial charge on any atom is -0.311 e. The van der Waals surface area contributed by atoms with Crippen LogP contribution in [0.15, 0.2) is 24.3 Å². The third-order valence-corrected chi connectivity index (χ3v) is 4.97. The van der Waals surface area contributed by atoms with Crippen molar-refractivity contribution in [2.75, 3.05) is 6.54 Å². The monoisotopic (exact) mass is 299 g/mol. The van der Waals surface area contributed by atoms with Crippen LogP contribution in [-0.4, -0.2) is 17.3 Å². The van der Waals surface area contributed by atoms with Gasteiger partial charge in [-0.05, 0) is 38.3 Å². The summed E-state index contributed by atoms with van der Waals surface area (Å²) in [4.78, 5) is 0. The molecule has 0 saturated carbocycles. The van der Waals surface area contributed by atoms with Crippen LogP contribution in [-0.2, 0) is 5.75 Å². The van der Waals surface area contributed by atoms with E-state index in [1.165, 1.54) is 5.56 Å². The molecule has 0 amide bonds. The molecule has 3 heteroatoms. The van der Waals surface area contributed by atoms with E-state index in [0.29, 0.717) is 11.2 Å². The fraction of sp³-hybridized carbons (Fsp3) is 0.625. The van der Waals surface area contributed by atoms with Gasteiger partial charge in [0.2, 0.25) is 0 Å². The van der Waals surface area contributed by atoms with Gasteiger partial charge in [0, 0.05) is 28.1 Å². The Kier molecular flexibility index (Phi) is 6.72. The summed E-state index contributed by atoms with van der Waals surface area (Å²) in [5, 5.41) is 5.08. The molecule has 0 radical (unpaired) electrons. The highest BCUT2D eigenvalue weighted by Crippen LogP contribution is 2.27. The summed E-state index contributed by atoms with van der Waals surface area (Å²) in [6.07, 6.45) is 0. The van der Waals surface area contributed by atoms with Crippen LogP contribution in [0, 0.1) is 5.92 Å². The van der Waals surface area contributed by atoms with Crippen LogP contribution >= 0.6 is 23.4 Å². The van der Waals surface area contributed by atoms with Gasteiger partial charge in [0.25, 0.3) is 0 Å². The van der Waals surface area contributed by atoms with Gasteiger partial charge in [-0.25, -0.2) is 0 Å². The molecule has 0 aliphatic rings. The Labute approximate surface area is 127 Å². The minimum atomic E-state index is 0.179. The Morgan fingerprint density at radius 1 is 1.21 bits per heavy atom. The maximum absolute atomic E-state index is 6.21. The van der Waals surface area contributed by atoms with E-state index in [1.807, 2.05) is 23.9 Å². The summed E-state index contributed by atoms with van der Waals surface area (Å²) in [6, 6.07) is 8.12. The number of benzene rings is 1. The molecule has 1 aromatic rings. The smallest absolute Gasteiger partial charge is 0.0446 e. The zero-order valence-corrected chi connectivity index (χ0v) is 14.2. The van der Waals surface area contributed by atoms with Crippen LogP contribution in [0.25, 0.3) is 0 Å². The molecule has 108 valence electrons. The molecule has 0 fully saturated rings. The standard InChI is InChI=1S/C16H26ClNS/c1-12(2)15(10-18-16(3,4)5)19-11-13-8-6-7-9-14(13)17/h6-9,12,15,18H,10-11H2,1-5H3. The van der Waals surface area contributed by atoms with Gasteiger partial charge in [0.05, 0.1) is 0 Å². The van der Waals surface area contributed by atoms with E-state index in [9.17, 15) is 0 Å². The predicted molar refractivity (Wildman–Crippen MR) is 89.1 cm³/mol. The van der Waals surface area contributed by atoms with Gasteiger partial charge < -0.3 is 5.32 Å². The van der Waals surface area contributed by atoms with Crippen molar-refractivity contribution in [1.29, 1.82) is 0 Å². The molecule has 0 saturated heterocycles. The van der Waals surface area contributed by atoms with Crippen molar-refractivity contribution in [3.05, 3.63) is 34.9 Å². The van der Waals surface area contributed by atoms with E-state index in [1.54, 1.807) is 0 Å². The van der Waals surface area contributed by atoms with Crippen molar-refractivity contribution in [1.82, 2.24) is 5.32 Å². The Balaban J connectivity index is 2.53. The van der Waals surface area contributed by atoms with E-state index >= 15 is 0 Å². The summed E-state index contributed by atoms with van der Waals surface area (Å²) in [7, 11) is 0. The zero-order valence-electron chi connectivity index (χ0n) is 12.7. The van der Waals surface area contributed by atoms with Crippen molar-refractivity contribution in [3.8, 4) is 0 Å². The average Bonchev–Trinajstić information content (AvgIpc) is 2.29. The second-order valence-corrected chi connectivity index (χ2v) is 7.95. The first kappa shape index (κ1) is 16.9. The third kappa shape index (κ3) is 6.69. The molecule has 0 aliphatic heterocycles. The SMILES string of the molecule is CC(C)C(CNC(C)(C)C)SCc1ccccc1Cl. The molecule has 0 spiro atoms. The molecule has 1 atom stereocenters. The van der Waals surface area contributed by atoms with Crippen LogP contribution in [0.1, 0.15) is 40.2 Å². The second-order valence-electron chi connectivity index (χ2n) is 6.32. The molecule has 0 bridgehead atoms. The fourth-order valence-electron chi connectivity index (χ4n) is 1.71. The van der Waals surface area contributed by atoms with Gasteiger partial charge in [-0.15, -0.1) is 0 Å². The lowest BCUT2D eigenvalue weighted by Gasteiger charge is -2.27. The van der Waals surface area contributed by atoms with E-state index in [4.69, 9.17) is 11.6 Å². The first-order chi connectivity index (χ1) is 8.79. The predicted octanol–water partition coefficient (Wildman–Crippen LogP) is 4.99. The first-order valence-electron chi connectivity index (χ1n) is 6.89. The minimum absolute atomic E-state index is 0.179. The van der Waals surface area contributed by atoms with Crippen LogP contribution in [0.2, 0.25) is 5.02 Å². The quantitative estimate of drug-likeness (QED) is 0.794. The Morgan fingerprint density at radius 3 is 2.37 bits per heavy atom. The molecular weight excluding hydrogens is 274 g/mol. The summed E-state index contributed by atoms with van der Waals surface area (Å²) in [5.41, 5.74) is 1.41. The lowest BCUT2D eigenvalue weighted by Crippen LogP contribution is -2.41. The molecule has 1 rings (SSSR count). The summed E-state index contributed by atoms with van der Waals surface area (Å²) < 4.78 is 0. The van der Waals surface area contributed by atoms with Crippen molar-refractivity contribution < 1.29 is 0 Å². The van der Waals surface area contributed by atoms with Crippen LogP contribution in [0.3, 0.4) is 0 Å². The summed E-state index contributed by atoms with van der Waals surface area (Å²) in [5.74, 6) is 1.64. The summed E-state index contributed by atoms with van der Waals surface area (Å²) >= 11 is 8.20. The van der Waals surface area contributed by atoms with Gasteiger partial charge in [-0.3, -0.25) is 0 Å². The molecule has 1 N–H and O–H groups in total. The molecule has 1 aromatic carbocycles. The number of hydrogen-bond donors (Lipinski definition) is 1. The van der Waals surface area contributed by atoms with Crippen LogP contribution < -0.4 is 5.32 Å². The Morgan fingerprint density at radius 2 is 1.84 bits per heavy atom. The zero-order chi connectivity index (χ0) is 14.5. The molecule has 0 aliphatic carbocycles. The van der Waals surface area contributed by atoms with E-state index in [-0.39, 0.29) is 5.54 Å². The fourth-order valence-corrected chi connectivity index (χ4v) is 3.22. The Hall–Kier alpha value is -0.180. The van der Waals surface area contributed by atoms with Gasteiger partial charge >= 0.3 is 0 Å². The maximum Gasteiger partial charge on any atom is 0.0446 e. The van der Waals surface area contributed by atoms with Crippen molar-refractivity contribution in [2.24, 2.45) is 5.92 Å². The van der Waals surface area contributed by atoms with E-state index < -0.39 is 0 Å². The number of hydrogen-bond acceptors (Lipinski definition) is 2. The van der Waals surface area contributed by atoms with Gasteiger partial charge in [-0.2, -0.15) is 11.8 Å². The van der Waals surface area contributed by atoms with E-state index in [2.05, 4.69) is 52.1 Å². The van der Waals surface area contributed by atoms with Crippen LogP contribution in [0.4, 0.5) is 0 Å². The highest BCUT2D eigenvalue weighted by atomic mass is 35.5. The van der Waals surface area contributed by atoms with E-state index in [0.717, 1.165) is 17.3 Å². The number of halogens is 1. The van der Waals surface area contributed by atoms with Crippen molar-refractivity contribution in [2.45, 2.75) is 51.2 Å². The normalized spacial score (nSPS) is 13.8. The highest BCUT2D eigenvalue weighted by Gasteiger charge is 2.18. The maximum atomic E-state index is 6.21. The molecule has 1 nitrogen and oxygen atoms in total. The molecule has 0 aromatic heterocycles. The number of rotatable bonds is 6. The summed E-state index contributed by atoms with van der Waals surface area (Å²) in [6.45, 7) is 12.2. The topological polar surface area (TPSA) is 12.0 Å². The molecule has 19 heavy (non-hydrogen) atoms. The average molecular weight is 300 g/mol. The number of thioether (sulfide) groups is 1. The molecule has 1 unspecified atom stereocenters. The number of nitrogens with one attached hydrogen (secondary N) is 1. The van der Waals surface area contributed by atoms with Crippen molar-refractivity contribution in [3.63, 3.8) is 0 Å². The van der Waals surface area contributed by atoms with Crippen LogP contribution in [0.5, 0.6) is 0 Å². The lowest BCUT2D eigenvalue weighted by molar-refractivity contribution is 0.408. The van der Waals surface area contributed by atoms with Crippen molar-refractivity contribution >= 4 is 23.4 Å². The second kappa shape index (κ2) is 7.56. The largest absolute Gasteiger partial charge is 0.311 e.